The highest BCUT2D eigenvalue weighted by Crippen LogP contribution is 1.97. The van der Waals surface area contributed by atoms with Gasteiger partial charge in [-0.05, 0) is 32.6 Å². The van der Waals surface area contributed by atoms with E-state index in [0.717, 1.165) is 19.5 Å². The largest absolute Gasteiger partial charge is 0.316 e. The second-order valence-electron chi connectivity index (χ2n) is 3.98. The summed E-state index contributed by atoms with van der Waals surface area (Å²) in [6, 6.07) is 10.4. The molecule has 0 spiro atoms. The van der Waals surface area contributed by atoms with E-state index in [4.69, 9.17) is 5.73 Å². The van der Waals surface area contributed by atoms with Crippen LogP contribution in [0.2, 0.25) is 0 Å². The van der Waals surface area contributed by atoms with Crippen LogP contribution < -0.4 is 11.1 Å². The van der Waals surface area contributed by atoms with Crippen LogP contribution in [0.25, 0.3) is 0 Å². The third kappa shape index (κ3) is 4.93. The Kier molecular flexibility index (Phi) is 5.32. The molecule has 0 amide bonds. The molecule has 0 aliphatic carbocycles. The summed E-state index contributed by atoms with van der Waals surface area (Å²) in [6.07, 6.45) is 1.12. The van der Waals surface area contributed by atoms with E-state index in [-0.39, 0.29) is 6.17 Å². The molecule has 15 heavy (non-hydrogen) atoms. The van der Waals surface area contributed by atoms with Crippen molar-refractivity contribution in [3.8, 4) is 0 Å². The fourth-order valence-corrected chi connectivity index (χ4v) is 1.34. The van der Waals surface area contributed by atoms with Crippen molar-refractivity contribution in [3.05, 3.63) is 35.9 Å². The molecule has 0 heterocycles. The molecular weight excluding hydrogens is 186 g/mol. The van der Waals surface area contributed by atoms with Crippen LogP contribution in [0.4, 0.5) is 0 Å². The molecule has 0 fully saturated rings. The zero-order valence-corrected chi connectivity index (χ0v) is 9.61. The molecule has 0 bridgehead atoms. The van der Waals surface area contributed by atoms with Crippen molar-refractivity contribution in [2.24, 2.45) is 5.73 Å². The highest BCUT2D eigenvalue weighted by Gasteiger charge is 2.02. The number of hydrogen-bond donors (Lipinski definition) is 2. The number of benzene rings is 1. The van der Waals surface area contributed by atoms with Gasteiger partial charge < -0.3 is 11.1 Å². The van der Waals surface area contributed by atoms with E-state index < -0.39 is 0 Å². The zero-order chi connectivity index (χ0) is 11.1. The van der Waals surface area contributed by atoms with E-state index in [9.17, 15) is 0 Å². The lowest BCUT2D eigenvalue weighted by Crippen LogP contribution is -2.38. The Morgan fingerprint density at radius 2 is 1.93 bits per heavy atom. The number of nitrogens with two attached hydrogens (primary N) is 1. The quantitative estimate of drug-likeness (QED) is 0.540. The summed E-state index contributed by atoms with van der Waals surface area (Å²) in [5.41, 5.74) is 7.20. The molecule has 0 aliphatic heterocycles. The van der Waals surface area contributed by atoms with Crippen LogP contribution in [0, 0.1) is 0 Å². The topological polar surface area (TPSA) is 41.3 Å². The third-order valence-corrected chi connectivity index (χ3v) is 2.45. The lowest BCUT2D eigenvalue weighted by molar-refractivity contribution is 0.282. The molecule has 3 N–H and O–H groups in total. The van der Waals surface area contributed by atoms with Gasteiger partial charge >= 0.3 is 0 Å². The molecule has 1 aromatic rings. The molecule has 1 unspecified atom stereocenters. The van der Waals surface area contributed by atoms with E-state index >= 15 is 0 Å². The first-order valence-corrected chi connectivity index (χ1v) is 5.37. The summed E-state index contributed by atoms with van der Waals surface area (Å²) in [6.45, 7) is 1.87. The Balaban J connectivity index is 2.12. The zero-order valence-electron chi connectivity index (χ0n) is 9.61. The second-order valence-corrected chi connectivity index (χ2v) is 3.98. The molecule has 3 heteroatoms. The van der Waals surface area contributed by atoms with Crippen molar-refractivity contribution in [1.29, 1.82) is 0 Å². The van der Waals surface area contributed by atoms with Gasteiger partial charge in [0.2, 0.25) is 0 Å². The van der Waals surface area contributed by atoms with Gasteiger partial charge in [-0.2, -0.15) is 0 Å². The van der Waals surface area contributed by atoms with Crippen molar-refractivity contribution in [2.45, 2.75) is 19.1 Å². The maximum Gasteiger partial charge on any atom is 0.0578 e. The van der Waals surface area contributed by atoms with Crippen molar-refractivity contribution >= 4 is 0 Å². The minimum atomic E-state index is 0.147. The average molecular weight is 207 g/mol. The standard InChI is InChI=1S/C12H21N3/c1-15(2)12(13)8-9-14-10-11-6-4-3-5-7-11/h3-7,12,14H,8-10,13H2,1-2H3. The van der Waals surface area contributed by atoms with E-state index in [1.165, 1.54) is 5.56 Å². The van der Waals surface area contributed by atoms with E-state index in [1.807, 2.05) is 25.1 Å². The van der Waals surface area contributed by atoms with Gasteiger partial charge in [0.15, 0.2) is 0 Å². The molecule has 84 valence electrons. The molecule has 1 rings (SSSR count). The summed E-state index contributed by atoms with van der Waals surface area (Å²) >= 11 is 0. The summed E-state index contributed by atoms with van der Waals surface area (Å²) in [7, 11) is 4.00. The minimum absolute atomic E-state index is 0.147. The Morgan fingerprint density at radius 3 is 2.53 bits per heavy atom. The first-order chi connectivity index (χ1) is 7.20. The van der Waals surface area contributed by atoms with Gasteiger partial charge in [-0.15, -0.1) is 0 Å². The Bertz CT molecular complexity index is 259. The number of nitrogens with zero attached hydrogens (tertiary/aromatic N) is 1. The highest BCUT2D eigenvalue weighted by atomic mass is 15.2. The van der Waals surface area contributed by atoms with E-state index in [0.29, 0.717) is 0 Å². The highest BCUT2D eigenvalue weighted by molar-refractivity contribution is 5.14. The van der Waals surface area contributed by atoms with Gasteiger partial charge in [-0.3, -0.25) is 4.90 Å². The molecule has 0 radical (unpaired) electrons. The van der Waals surface area contributed by atoms with Crippen molar-refractivity contribution < 1.29 is 0 Å². The molecule has 1 atom stereocenters. The van der Waals surface area contributed by atoms with Crippen LogP contribution in [0.1, 0.15) is 12.0 Å². The average Bonchev–Trinajstić information content (AvgIpc) is 2.25. The van der Waals surface area contributed by atoms with Gasteiger partial charge in [0.25, 0.3) is 0 Å². The lowest BCUT2D eigenvalue weighted by Gasteiger charge is -2.19. The van der Waals surface area contributed by atoms with Crippen LogP contribution in [0.5, 0.6) is 0 Å². The maximum absolute atomic E-state index is 5.88. The van der Waals surface area contributed by atoms with Crippen LogP contribution in [-0.4, -0.2) is 31.7 Å². The Labute approximate surface area is 92.3 Å². The number of rotatable bonds is 6. The van der Waals surface area contributed by atoms with Gasteiger partial charge in [0, 0.05) is 6.54 Å². The predicted molar refractivity (Wildman–Crippen MR) is 64.4 cm³/mol. The molecular formula is C12H21N3. The van der Waals surface area contributed by atoms with Gasteiger partial charge in [-0.1, -0.05) is 30.3 Å². The van der Waals surface area contributed by atoms with Gasteiger partial charge in [0.1, 0.15) is 0 Å². The Morgan fingerprint density at radius 1 is 1.27 bits per heavy atom. The fraction of sp³-hybridized carbons (Fsp3) is 0.500. The first kappa shape index (κ1) is 12.2. The minimum Gasteiger partial charge on any atom is -0.316 e. The van der Waals surface area contributed by atoms with Crippen molar-refractivity contribution in [1.82, 2.24) is 10.2 Å². The maximum atomic E-state index is 5.88. The molecule has 3 nitrogen and oxygen atoms in total. The van der Waals surface area contributed by atoms with Crippen molar-refractivity contribution in [3.63, 3.8) is 0 Å². The monoisotopic (exact) mass is 207 g/mol. The number of nitrogens with one attached hydrogen (secondary N) is 1. The molecule has 0 aromatic heterocycles. The summed E-state index contributed by atoms with van der Waals surface area (Å²) in [5.74, 6) is 0. The number of hydrogen-bond acceptors (Lipinski definition) is 3. The van der Waals surface area contributed by atoms with Gasteiger partial charge in [-0.25, -0.2) is 0 Å². The summed E-state index contributed by atoms with van der Waals surface area (Å²) in [5, 5.41) is 3.38. The predicted octanol–water partition coefficient (Wildman–Crippen LogP) is 1.01. The second kappa shape index (κ2) is 6.56. The molecule has 0 aliphatic rings. The van der Waals surface area contributed by atoms with Crippen LogP contribution in [-0.2, 0) is 6.54 Å². The fourth-order valence-electron chi connectivity index (χ4n) is 1.34. The van der Waals surface area contributed by atoms with Crippen molar-refractivity contribution in [2.75, 3.05) is 20.6 Å². The summed E-state index contributed by atoms with van der Waals surface area (Å²) in [4.78, 5) is 2.03. The van der Waals surface area contributed by atoms with Crippen LogP contribution >= 0.6 is 0 Å². The van der Waals surface area contributed by atoms with E-state index in [2.05, 4.69) is 29.6 Å². The summed E-state index contributed by atoms with van der Waals surface area (Å²) < 4.78 is 0. The van der Waals surface area contributed by atoms with E-state index in [1.54, 1.807) is 0 Å². The first-order valence-electron chi connectivity index (χ1n) is 5.37. The molecule has 0 saturated carbocycles. The van der Waals surface area contributed by atoms with Gasteiger partial charge in [0.05, 0.1) is 6.17 Å². The lowest BCUT2D eigenvalue weighted by atomic mass is 10.2. The Hall–Kier alpha value is -0.900. The normalized spacial score (nSPS) is 13.1. The third-order valence-electron chi connectivity index (χ3n) is 2.45. The smallest absolute Gasteiger partial charge is 0.0578 e. The van der Waals surface area contributed by atoms with Crippen LogP contribution in [0.15, 0.2) is 30.3 Å². The van der Waals surface area contributed by atoms with Crippen LogP contribution in [0.3, 0.4) is 0 Å². The molecule has 1 aromatic carbocycles. The SMILES string of the molecule is CN(C)C(N)CCNCc1ccccc1. The molecule has 0 saturated heterocycles.